The molecule has 4 aromatic carbocycles. The van der Waals surface area contributed by atoms with Crippen molar-refractivity contribution in [1.29, 1.82) is 0 Å². The number of ether oxygens (including phenoxy) is 1. The Kier molecular flexibility index (Phi) is 7.27. The van der Waals surface area contributed by atoms with E-state index in [-0.39, 0.29) is 5.75 Å². The van der Waals surface area contributed by atoms with E-state index >= 15 is 0 Å². The third-order valence-electron chi connectivity index (χ3n) is 5.51. The summed E-state index contributed by atoms with van der Waals surface area (Å²) >= 11 is 0. The molecule has 0 amide bonds. The molecule has 7 heteroatoms. The number of nitrogens with zero attached hydrogens (tertiary/aromatic N) is 1. The van der Waals surface area contributed by atoms with E-state index < -0.39 is 10.0 Å². The second kappa shape index (κ2) is 10.5. The first-order valence-electron chi connectivity index (χ1n) is 11.2. The molecule has 0 spiro atoms. The summed E-state index contributed by atoms with van der Waals surface area (Å²) in [5.74, 6) is 1.39. The number of aromatic hydroxyl groups is 1. The number of benzene rings is 4. The average Bonchev–Trinajstić information content (AvgIpc) is 2.81. The smallest absolute Gasteiger partial charge is 0.229 e. The lowest BCUT2D eigenvalue weighted by Crippen LogP contribution is -2.23. The molecule has 2 N–H and O–H groups in total. The van der Waals surface area contributed by atoms with Crippen LogP contribution in [0.15, 0.2) is 97.1 Å². The first-order chi connectivity index (χ1) is 16.8. The van der Waals surface area contributed by atoms with Gasteiger partial charge in [0.05, 0.1) is 11.9 Å². The van der Waals surface area contributed by atoms with Gasteiger partial charge in [0.15, 0.2) is 0 Å². The Hall–Kier alpha value is -3.97. The van der Waals surface area contributed by atoms with Gasteiger partial charge in [0.2, 0.25) is 10.0 Å². The monoisotopic (exact) mass is 488 g/mol. The van der Waals surface area contributed by atoms with Crippen LogP contribution in [0.2, 0.25) is 0 Å². The summed E-state index contributed by atoms with van der Waals surface area (Å²) in [5, 5.41) is 9.64. The topological polar surface area (TPSA) is 78.9 Å². The molecule has 4 aromatic rings. The van der Waals surface area contributed by atoms with Crippen LogP contribution < -0.4 is 14.4 Å². The Balaban J connectivity index is 1.60. The van der Waals surface area contributed by atoms with Gasteiger partial charge in [0, 0.05) is 24.8 Å². The lowest BCUT2D eigenvalue weighted by molar-refractivity contribution is 0.455. The summed E-state index contributed by atoms with van der Waals surface area (Å²) in [6, 6.07) is 30.3. The summed E-state index contributed by atoms with van der Waals surface area (Å²) in [5.41, 5.74) is 4.60. The number of rotatable bonds is 9. The molecule has 0 saturated carbocycles. The van der Waals surface area contributed by atoms with E-state index in [2.05, 4.69) is 21.8 Å². The fraction of sp³-hybridized carbons (Fsp3) is 0.143. The Labute approximate surface area is 206 Å². The van der Waals surface area contributed by atoms with E-state index in [4.69, 9.17) is 4.74 Å². The van der Waals surface area contributed by atoms with Crippen LogP contribution in [-0.4, -0.2) is 19.8 Å². The summed E-state index contributed by atoms with van der Waals surface area (Å²) in [4.78, 5) is 2.23. The molecular weight excluding hydrogens is 460 g/mol. The molecular formula is C28H28N2O4S. The van der Waals surface area contributed by atoms with Crippen molar-refractivity contribution >= 4 is 21.4 Å². The first kappa shape index (κ1) is 24.2. The van der Waals surface area contributed by atoms with Gasteiger partial charge in [-0.2, -0.15) is 0 Å². The molecule has 0 aliphatic rings. The molecule has 0 aliphatic heterocycles. The summed E-state index contributed by atoms with van der Waals surface area (Å²) in [6.07, 6.45) is 1.15. The van der Waals surface area contributed by atoms with Crippen LogP contribution in [0.25, 0.3) is 0 Å². The van der Waals surface area contributed by atoms with Crippen LogP contribution in [0.3, 0.4) is 0 Å². The summed E-state index contributed by atoms with van der Waals surface area (Å²) in [7, 11) is -3.39. The van der Waals surface area contributed by atoms with Crippen molar-refractivity contribution in [2.24, 2.45) is 0 Å². The lowest BCUT2D eigenvalue weighted by atomic mass is 10.1. The maximum Gasteiger partial charge on any atom is 0.229 e. The zero-order chi connectivity index (χ0) is 24.8. The molecule has 0 aromatic heterocycles. The normalized spacial score (nSPS) is 11.1. The SMILES string of the molecule is Cc1c(NS(C)(=O)=O)cccc1N(Cc1ccccc1)Cc1ccc(Oc2cccc(O)c2)cc1. The number of phenolic OH excluding ortho intramolecular Hbond substituents is 1. The molecule has 4 rings (SSSR count). The largest absolute Gasteiger partial charge is 0.508 e. The molecule has 6 nitrogen and oxygen atoms in total. The number of anilines is 2. The Morgan fingerprint density at radius 1 is 0.800 bits per heavy atom. The van der Waals surface area contributed by atoms with Crippen molar-refractivity contribution in [3.63, 3.8) is 0 Å². The lowest BCUT2D eigenvalue weighted by Gasteiger charge is -2.28. The van der Waals surface area contributed by atoms with Crippen LogP contribution in [0.4, 0.5) is 11.4 Å². The van der Waals surface area contributed by atoms with Crippen molar-refractivity contribution in [1.82, 2.24) is 0 Å². The van der Waals surface area contributed by atoms with E-state index in [9.17, 15) is 13.5 Å². The fourth-order valence-electron chi connectivity index (χ4n) is 3.87. The molecule has 0 fully saturated rings. The van der Waals surface area contributed by atoms with E-state index in [1.165, 1.54) is 0 Å². The third-order valence-corrected chi connectivity index (χ3v) is 6.10. The predicted molar refractivity (Wildman–Crippen MR) is 141 cm³/mol. The highest BCUT2D eigenvalue weighted by Gasteiger charge is 2.15. The molecule has 0 heterocycles. The zero-order valence-electron chi connectivity index (χ0n) is 19.7. The van der Waals surface area contributed by atoms with Crippen LogP contribution >= 0.6 is 0 Å². The first-order valence-corrected chi connectivity index (χ1v) is 13.1. The highest BCUT2D eigenvalue weighted by molar-refractivity contribution is 7.92. The quantitative estimate of drug-likeness (QED) is 0.299. The minimum Gasteiger partial charge on any atom is -0.508 e. The maximum atomic E-state index is 11.8. The van der Waals surface area contributed by atoms with E-state index in [0.717, 1.165) is 28.6 Å². The standard InChI is InChI=1S/C28H28N2O4S/c1-21-27(29-35(2,32)33)12-7-13-28(21)30(19-22-8-4-3-5-9-22)20-23-14-16-25(17-15-23)34-26-11-6-10-24(31)18-26/h3-18,29,31H,19-20H2,1-2H3. The van der Waals surface area contributed by atoms with Crippen molar-refractivity contribution in [3.05, 3.63) is 114 Å². The Bertz CT molecular complexity index is 1390. The van der Waals surface area contributed by atoms with E-state index in [1.807, 2.05) is 61.5 Å². The number of sulfonamides is 1. The number of hydrogen-bond donors (Lipinski definition) is 2. The minimum atomic E-state index is -3.39. The second-order valence-corrected chi connectivity index (χ2v) is 10.2. The van der Waals surface area contributed by atoms with E-state index in [1.54, 1.807) is 30.3 Å². The van der Waals surface area contributed by atoms with Crippen LogP contribution in [0.1, 0.15) is 16.7 Å². The van der Waals surface area contributed by atoms with Gasteiger partial charge in [-0.15, -0.1) is 0 Å². The van der Waals surface area contributed by atoms with Crippen molar-refractivity contribution in [2.75, 3.05) is 15.9 Å². The van der Waals surface area contributed by atoms with Gasteiger partial charge in [-0.3, -0.25) is 4.72 Å². The van der Waals surface area contributed by atoms with Gasteiger partial charge in [0.1, 0.15) is 17.2 Å². The van der Waals surface area contributed by atoms with Crippen molar-refractivity contribution in [3.8, 4) is 17.2 Å². The third kappa shape index (κ3) is 6.77. The van der Waals surface area contributed by atoms with Gasteiger partial charge >= 0.3 is 0 Å². The number of hydrogen-bond acceptors (Lipinski definition) is 5. The number of nitrogens with one attached hydrogen (secondary N) is 1. The molecule has 0 bridgehead atoms. The number of phenols is 1. The zero-order valence-corrected chi connectivity index (χ0v) is 20.5. The van der Waals surface area contributed by atoms with Gasteiger partial charge in [-0.1, -0.05) is 54.6 Å². The second-order valence-electron chi connectivity index (χ2n) is 8.41. The molecule has 0 unspecified atom stereocenters. The molecule has 35 heavy (non-hydrogen) atoms. The van der Waals surface area contributed by atoms with Gasteiger partial charge < -0.3 is 14.7 Å². The fourth-order valence-corrected chi connectivity index (χ4v) is 4.49. The highest BCUT2D eigenvalue weighted by Crippen LogP contribution is 2.31. The molecule has 0 aliphatic carbocycles. The Morgan fingerprint density at radius 3 is 2.11 bits per heavy atom. The van der Waals surface area contributed by atoms with E-state index in [0.29, 0.717) is 30.3 Å². The molecule has 180 valence electrons. The van der Waals surface area contributed by atoms with Crippen molar-refractivity contribution < 1.29 is 18.3 Å². The molecule has 0 radical (unpaired) electrons. The van der Waals surface area contributed by atoms with Gasteiger partial charge in [-0.25, -0.2) is 8.42 Å². The summed E-state index contributed by atoms with van der Waals surface area (Å²) in [6.45, 7) is 3.20. The summed E-state index contributed by atoms with van der Waals surface area (Å²) < 4.78 is 32.2. The Morgan fingerprint density at radius 2 is 1.46 bits per heavy atom. The van der Waals surface area contributed by atoms with Crippen molar-refractivity contribution in [2.45, 2.75) is 20.0 Å². The predicted octanol–water partition coefficient (Wildman–Crippen LogP) is 6.07. The van der Waals surface area contributed by atoms with Gasteiger partial charge in [-0.05, 0) is 60.0 Å². The van der Waals surface area contributed by atoms with Crippen LogP contribution in [0.5, 0.6) is 17.2 Å². The average molecular weight is 489 g/mol. The van der Waals surface area contributed by atoms with Gasteiger partial charge in [0.25, 0.3) is 0 Å². The van der Waals surface area contributed by atoms with Crippen LogP contribution in [0, 0.1) is 6.92 Å². The molecule has 0 saturated heterocycles. The minimum absolute atomic E-state index is 0.152. The maximum absolute atomic E-state index is 11.8. The van der Waals surface area contributed by atoms with Crippen LogP contribution in [-0.2, 0) is 23.1 Å². The highest BCUT2D eigenvalue weighted by atomic mass is 32.2. The molecule has 0 atom stereocenters.